The van der Waals surface area contributed by atoms with Gasteiger partial charge in [-0.05, 0) is 6.42 Å². The molecule has 82 valence electrons. The summed E-state index contributed by atoms with van der Waals surface area (Å²) in [6.07, 6.45) is 0.998. The molecule has 0 radical (unpaired) electrons. The smallest absolute Gasteiger partial charge is 0.161 e. The number of hydrogen-bond donors (Lipinski definition) is 1. The Hall–Kier alpha value is -1.32. The number of nitrogens with zero attached hydrogens (tertiary/aromatic N) is 1. The summed E-state index contributed by atoms with van der Waals surface area (Å²) in [6, 6.07) is 2.50. The normalized spacial score (nSPS) is 14.7. The summed E-state index contributed by atoms with van der Waals surface area (Å²) in [5, 5.41) is 3.07. The highest BCUT2D eigenvalue weighted by Crippen LogP contribution is 2.31. The fourth-order valence-electron chi connectivity index (χ4n) is 1.89. The van der Waals surface area contributed by atoms with Crippen molar-refractivity contribution in [3.05, 3.63) is 23.8 Å². The molecular formula is C11H14F2N2. The summed E-state index contributed by atoms with van der Waals surface area (Å²) in [7, 11) is 0. The van der Waals surface area contributed by atoms with Gasteiger partial charge in [-0.1, -0.05) is 6.92 Å². The van der Waals surface area contributed by atoms with Crippen LogP contribution in [0.25, 0.3) is 0 Å². The number of hydrogen-bond acceptors (Lipinski definition) is 2. The van der Waals surface area contributed by atoms with Crippen LogP contribution in [0.2, 0.25) is 0 Å². The van der Waals surface area contributed by atoms with E-state index in [1.807, 2.05) is 0 Å². The summed E-state index contributed by atoms with van der Waals surface area (Å²) >= 11 is 0. The predicted molar refractivity (Wildman–Crippen MR) is 57.4 cm³/mol. The number of benzene rings is 1. The van der Waals surface area contributed by atoms with E-state index in [9.17, 15) is 8.78 Å². The van der Waals surface area contributed by atoms with Crippen LogP contribution in [-0.2, 0) is 0 Å². The van der Waals surface area contributed by atoms with Crippen LogP contribution >= 0.6 is 0 Å². The van der Waals surface area contributed by atoms with Gasteiger partial charge in [-0.2, -0.15) is 0 Å². The van der Waals surface area contributed by atoms with E-state index in [2.05, 4.69) is 17.1 Å². The van der Waals surface area contributed by atoms with E-state index in [-0.39, 0.29) is 0 Å². The summed E-state index contributed by atoms with van der Waals surface area (Å²) in [6.45, 7) is 4.56. The van der Waals surface area contributed by atoms with E-state index < -0.39 is 11.6 Å². The molecule has 0 aromatic heterocycles. The van der Waals surface area contributed by atoms with E-state index in [1.165, 1.54) is 12.1 Å². The number of fused-ring (bicyclic) bond motifs is 1. The second kappa shape index (κ2) is 4.04. The van der Waals surface area contributed by atoms with Crippen molar-refractivity contribution in [2.45, 2.75) is 13.3 Å². The molecule has 0 fully saturated rings. The Morgan fingerprint density at radius 1 is 1.33 bits per heavy atom. The van der Waals surface area contributed by atoms with Crippen molar-refractivity contribution in [3.8, 4) is 0 Å². The number of nitrogens with one attached hydrogen (secondary N) is 1. The van der Waals surface area contributed by atoms with Gasteiger partial charge in [0.2, 0.25) is 0 Å². The first-order valence-electron chi connectivity index (χ1n) is 5.20. The van der Waals surface area contributed by atoms with Gasteiger partial charge in [-0.3, -0.25) is 0 Å². The van der Waals surface area contributed by atoms with E-state index >= 15 is 0 Å². The maximum Gasteiger partial charge on any atom is 0.161 e. The zero-order valence-electron chi connectivity index (χ0n) is 8.69. The zero-order valence-corrected chi connectivity index (χ0v) is 8.69. The lowest BCUT2D eigenvalue weighted by Gasteiger charge is -2.31. The van der Waals surface area contributed by atoms with E-state index in [4.69, 9.17) is 0 Å². The van der Waals surface area contributed by atoms with Gasteiger partial charge in [0.1, 0.15) is 0 Å². The van der Waals surface area contributed by atoms with Crippen LogP contribution in [0, 0.1) is 11.6 Å². The van der Waals surface area contributed by atoms with Crippen LogP contribution < -0.4 is 10.2 Å². The third-order valence-electron chi connectivity index (χ3n) is 2.57. The Morgan fingerprint density at radius 3 is 2.80 bits per heavy atom. The summed E-state index contributed by atoms with van der Waals surface area (Å²) < 4.78 is 26.1. The molecule has 0 atom stereocenters. The minimum atomic E-state index is -0.792. The maximum atomic E-state index is 13.1. The molecule has 0 amide bonds. The Morgan fingerprint density at radius 2 is 2.07 bits per heavy atom. The lowest BCUT2D eigenvalue weighted by Crippen LogP contribution is -2.34. The Balaban J connectivity index is 2.38. The maximum absolute atomic E-state index is 13.1. The van der Waals surface area contributed by atoms with Crippen LogP contribution in [0.15, 0.2) is 12.1 Å². The minimum absolute atomic E-state index is 0.689. The molecule has 1 aromatic carbocycles. The minimum Gasteiger partial charge on any atom is -0.382 e. The Labute approximate surface area is 87.9 Å². The van der Waals surface area contributed by atoms with Gasteiger partial charge in [0.15, 0.2) is 11.6 Å². The van der Waals surface area contributed by atoms with E-state index in [1.54, 1.807) is 0 Å². The van der Waals surface area contributed by atoms with Crippen LogP contribution in [0.5, 0.6) is 0 Å². The highest BCUT2D eigenvalue weighted by Gasteiger charge is 2.18. The standard InChI is InChI=1S/C11H14F2N2/c1-2-4-15-5-3-14-10-6-8(12)9(13)7-11(10)15/h6-7,14H,2-5H2,1H3. The van der Waals surface area contributed by atoms with Gasteiger partial charge >= 0.3 is 0 Å². The third kappa shape index (κ3) is 1.89. The summed E-state index contributed by atoms with van der Waals surface area (Å²) in [5.74, 6) is -1.57. The molecule has 4 heteroatoms. The van der Waals surface area contributed by atoms with Gasteiger partial charge in [0, 0.05) is 31.8 Å². The van der Waals surface area contributed by atoms with Crippen LogP contribution in [0.1, 0.15) is 13.3 Å². The van der Waals surface area contributed by atoms with Gasteiger partial charge in [-0.15, -0.1) is 0 Å². The lowest BCUT2D eigenvalue weighted by molar-refractivity contribution is 0.508. The lowest BCUT2D eigenvalue weighted by atomic mass is 10.2. The monoisotopic (exact) mass is 212 g/mol. The molecule has 0 saturated carbocycles. The second-order valence-corrected chi connectivity index (χ2v) is 3.70. The summed E-state index contributed by atoms with van der Waals surface area (Å²) in [5.41, 5.74) is 1.45. The highest BCUT2D eigenvalue weighted by atomic mass is 19.2. The molecule has 1 aromatic rings. The van der Waals surface area contributed by atoms with Gasteiger partial charge in [0.05, 0.1) is 11.4 Å². The summed E-state index contributed by atoms with van der Waals surface area (Å²) in [4.78, 5) is 2.08. The van der Waals surface area contributed by atoms with Crippen LogP contribution in [-0.4, -0.2) is 19.6 Å². The molecule has 0 unspecified atom stereocenters. The van der Waals surface area contributed by atoms with Crippen LogP contribution in [0.3, 0.4) is 0 Å². The number of halogens is 2. The molecule has 1 N–H and O–H groups in total. The first kappa shape index (κ1) is 10.2. The predicted octanol–water partition coefficient (Wildman–Crippen LogP) is 2.61. The molecule has 0 saturated heterocycles. The Bertz CT molecular complexity index is 366. The first-order chi connectivity index (χ1) is 7.22. The quantitative estimate of drug-likeness (QED) is 0.810. The van der Waals surface area contributed by atoms with Crippen molar-refractivity contribution in [3.63, 3.8) is 0 Å². The van der Waals surface area contributed by atoms with Crippen molar-refractivity contribution < 1.29 is 8.78 Å². The first-order valence-corrected chi connectivity index (χ1v) is 5.20. The average Bonchev–Trinajstić information content (AvgIpc) is 2.21. The molecule has 0 bridgehead atoms. The number of rotatable bonds is 2. The third-order valence-corrected chi connectivity index (χ3v) is 2.57. The molecule has 0 spiro atoms. The van der Waals surface area contributed by atoms with Crippen molar-refractivity contribution >= 4 is 11.4 Å². The number of anilines is 2. The Kier molecular flexibility index (Phi) is 2.75. The molecule has 1 aliphatic heterocycles. The van der Waals surface area contributed by atoms with Gasteiger partial charge in [-0.25, -0.2) is 8.78 Å². The molecule has 0 aliphatic carbocycles. The largest absolute Gasteiger partial charge is 0.382 e. The second-order valence-electron chi connectivity index (χ2n) is 3.70. The molecular weight excluding hydrogens is 198 g/mol. The zero-order chi connectivity index (χ0) is 10.8. The topological polar surface area (TPSA) is 15.3 Å². The SMILES string of the molecule is CCCN1CCNc2cc(F)c(F)cc21. The molecule has 15 heavy (non-hydrogen) atoms. The van der Waals surface area contributed by atoms with E-state index in [0.717, 1.165) is 31.7 Å². The highest BCUT2D eigenvalue weighted by molar-refractivity contribution is 5.72. The average molecular weight is 212 g/mol. The fraction of sp³-hybridized carbons (Fsp3) is 0.455. The molecule has 1 heterocycles. The van der Waals surface area contributed by atoms with Gasteiger partial charge < -0.3 is 10.2 Å². The fourth-order valence-corrected chi connectivity index (χ4v) is 1.89. The van der Waals surface area contributed by atoms with Crippen molar-refractivity contribution in [1.82, 2.24) is 0 Å². The van der Waals surface area contributed by atoms with E-state index in [0.29, 0.717) is 5.69 Å². The van der Waals surface area contributed by atoms with Crippen molar-refractivity contribution in [1.29, 1.82) is 0 Å². The molecule has 1 aliphatic rings. The van der Waals surface area contributed by atoms with Crippen LogP contribution in [0.4, 0.5) is 20.2 Å². The van der Waals surface area contributed by atoms with Crippen molar-refractivity contribution in [2.75, 3.05) is 29.9 Å². The molecule has 2 nitrogen and oxygen atoms in total. The van der Waals surface area contributed by atoms with Crippen molar-refractivity contribution in [2.24, 2.45) is 0 Å². The molecule has 2 rings (SSSR count). The van der Waals surface area contributed by atoms with Gasteiger partial charge in [0.25, 0.3) is 0 Å².